The van der Waals surface area contributed by atoms with E-state index in [4.69, 9.17) is 5.26 Å². The molecule has 0 aromatic carbocycles. The monoisotopic (exact) mass is 413 g/mol. The molecule has 0 aliphatic heterocycles. The van der Waals surface area contributed by atoms with Crippen molar-refractivity contribution in [2.45, 2.75) is 104 Å². The van der Waals surface area contributed by atoms with Crippen LogP contribution in [0.1, 0.15) is 98.3 Å². The molecule has 10 atom stereocenters. The second kappa shape index (κ2) is 8.23. The lowest BCUT2D eigenvalue weighted by molar-refractivity contribution is -0.173. The molecule has 168 valence electrons. The first-order valence-electron chi connectivity index (χ1n) is 12.9. The molecule has 3 nitrogen and oxygen atoms in total. The summed E-state index contributed by atoms with van der Waals surface area (Å²) < 4.78 is 0. The van der Waals surface area contributed by atoms with E-state index in [1.54, 1.807) is 0 Å². The van der Waals surface area contributed by atoms with Gasteiger partial charge in [-0.2, -0.15) is 5.26 Å². The number of carbonyl (C=O) groups excluding carboxylic acids is 1. The summed E-state index contributed by atoms with van der Waals surface area (Å²) in [5, 5.41) is 19.3. The minimum Gasteiger partial charge on any atom is -0.393 e. The Balaban J connectivity index is 1.61. The molecule has 30 heavy (non-hydrogen) atoms. The first-order valence-corrected chi connectivity index (χ1v) is 12.9. The first-order chi connectivity index (χ1) is 14.3. The molecule has 1 unspecified atom stereocenters. The van der Waals surface area contributed by atoms with Crippen LogP contribution in [0.2, 0.25) is 0 Å². The molecule has 0 aromatic rings. The van der Waals surface area contributed by atoms with E-state index >= 15 is 0 Å². The molecule has 0 spiro atoms. The number of rotatable bonds is 5. The number of aliphatic hydroxyl groups excluding tert-OH is 1. The van der Waals surface area contributed by atoms with Crippen molar-refractivity contribution in [3.8, 4) is 6.07 Å². The van der Waals surface area contributed by atoms with Gasteiger partial charge in [0.2, 0.25) is 0 Å². The Morgan fingerprint density at radius 1 is 1.10 bits per heavy atom. The maximum Gasteiger partial charge on any atom is 0.139 e. The quantitative estimate of drug-likeness (QED) is 0.550. The molecule has 4 rings (SSSR count). The topological polar surface area (TPSA) is 61.1 Å². The highest BCUT2D eigenvalue weighted by molar-refractivity contribution is 5.86. The fraction of sp³-hybridized carbons (Fsp3) is 0.926. The van der Waals surface area contributed by atoms with Gasteiger partial charge in [-0.15, -0.1) is 0 Å². The van der Waals surface area contributed by atoms with Crippen molar-refractivity contribution in [2.75, 3.05) is 0 Å². The van der Waals surface area contributed by atoms with Crippen LogP contribution in [0.4, 0.5) is 0 Å². The van der Waals surface area contributed by atoms with E-state index in [0.717, 1.165) is 38.5 Å². The van der Waals surface area contributed by atoms with E-state index in [1.165, 1.54) is 25.7 Å². The third kappa shape index (κ3) is 3.28. The van der Waals surface area contributed by atoms with Gasteiger partial charge < -0.3 is 5.11 Å². The van der Waals surface area contributed by atoms with Crippen LogP contribution in [0.5, 0.6) is 0 Å². The summed E-state index contributed by atoms with van der Waals surface area (Å²) in [4.78, 5) is 13.9. The number of nitrogens with zero attached hydrogens (tertiary/aromatic N) is 1. The van der Waals surface area contributed by atoms with E-state index in [9.17, 15) is 9.90 Å². The van der Waals surface area contributed by atoms with Crippen molar-refractivity contribution in [1.29, 1.82) is 5.26 Å². The zero-order valence-electron chi connectivity index (χ0n) is 19.7. The van der Waals surface area contributed by atoms with Gasteiger partial charge in [0.05, 0.1) is 12.2 Å². The minimum absolute atomic E-state index is 0.153. The molecule has 1 N–H and O–H groups in total. The van der Waals surface area contributed by atoms with E-state index in [-0.39, 0.29) is 23.4 Å². The lowest BCUT2D eigenvalue weighted by atomic mass is 9.42. The van der Waals surface area contributed by atoms with Crippen molar-refractivity contribution in [2.24, 2.45) is 52.3 Å². The molecular weight excluding hydrogens is 370 g/mol. The number of hydrogen-bond donors (Lipinski definition) is 1. The average molecular weight is 414 g/mol. The molecule has 0 heterocycles. The van der Waals surface area contributed by atoms with Crippen molar-refractivity contribution in [3.05, 3.63) is 0 Å². The average Bonchev–Trinajstić information content (AvgIpc) is 3.07. The number of ketones is 1. The van der Waals surface area contributed by atoms with Crippen LogP contribution >= 0.6 is 0 Å². The van der Waals surface area contributed by atoms with Gasteiger partial charge in [-0.25, -0.2) is 0 Å². The van der Waals surface area contributed by atoms with Gasteiger partial charge in [0.1, 0.15) is 5.78 Å². The van der Waals surface area contributed by atoms with E-state index in [2.05, 4.69) is 33.8 Å². The summed E-state index contributed by atoms with van der Waals surface area (Å²) in [6.07, 6.45) is 11.4. The number of hydrogen-bond acceptors (Lipinski definition) is 3. The van der Waals surface area contributed by atoms with Gasteiger partial charge in [0, 0.05) is 18.3 Å². The fourth-order valence-corrected chi connectivity index (χ4v) is 9.31. The van der Waals surface area contributed by atoms with E-state index in [0.29, 0.717) is 47.2 Å². The minimum atomic E-state index is -0.208. The summed E-state index contributed by atoms with van der Waals surface area (Å²) >= 11 is 0. The predicted octanol–water partition coefficient (Wildman–Crippen LogP) is 6.15. The van der Waals surface area contributed by atoms with Gasteiger partial charge >= 0.3 is 0 Å². The Hall–Kier alpha value is -0.880. The summed E-state index contributed by atoms with van der Waals surface area (Å²) in [6.45, 7) is 9.59. The highest BCUT2D eigenvalue weighted by Crippen LogP contribution is 2.68. The second-order valence-electron chi connectivity index (χ2n) is 12.0. The first kappa shape index (κ1) is 22.3. The van der Waals surface area contributed by atoms with Crippen molar-refractivity contribution in [1.82, 2.24) is 0 Å². The van der Waals surface area contributed by atoms with Crippen LogP contribution in [0, 0.1) is 63.6 Å². The summed E-state index contributed by atoms with van der Waals surface area (Å²) in [7, 11) is 0. The van der Waals surface area contributed by atoms with Crippen LogP contribution in [-0.2, 0) is 4.79 Å². The molecule has 0 amide bonds. The van der Waals surface area contributed by atoms with Crippen LogP contribution in [-0.4, -0.2) is 17.0 Å². The molecule has 4 aliphatic rings. The Kier molecular flexibility index (Phi) is 6.13. The lowest BCUT2D eigenvalue weighted by Crippen LogP contribution is -2.60. The standard InChI is InChI=1S/C27H43NO2/c1-5-19-23-16-18(29)11-13-27(23,4)22-12-14-26(3)20(17(2)8-6-7-15-28)9-10-21(26)24(22)25(19)30/h17-24,29H,5-14,16H2,1-4H3/t17?,18-,19+,20-,21+,22+,23+,24+,26-,27-/m1/s1. The van der Waals surface area contributed by atoms with E-state index in [1.807, 2.05) is 0 Å². The van der Waals surface area contributed by atoms with Crippen LogP contribution in [0.25, 0.3) is 0 Å². The number of nitriles is 1. The maximum absolute atomic E-state index is 13.9. The number of fused-ring (bicyclic) bond motifs is 5. The van der Waals surface area contributed by atoms with Gasteiger partial charge in [-0.3, -0.25) is 4.79 Å². The Labute approximate surface area is 184 Å². The second-order valence-corrected chi connectivity index (χ2v) is 12.0. The van der Waals surface area contributed by atoms with E-state index < -0.39 is 0 Å². The third-order valence-corrected chi connectivity index (χ3v) is 10.8. The number of unbranched alkanes of at least 4 members (excludes halogenated alkanes) is 1. The highest BCUT2D eigenvalue weighted by atomic mass is 16.3. The number of Topliss-reactive ketones (excluding diaryl/α,β-unsaturated/α-hetero) is 1. The molecule has 4 aliphatic carbocycles. The smallest absolute Gasteiger partial charge is 0.139 e. The molecule has 4 fully saturated rings. The van der Waals surface area contributed by atoms with Gasteiger partial charge in [0.15, 0.2) is 0 Å². The highest BCUT2D eigenvalue weighted by Gasteiger charge is 2.64. The molecule has 4 saturated carbocycles. The fourth-order valence-electron chi connectivity index (χ4n) is 9.31. The largest absolute Gasteiger partial charge is 0.393 e. The van der Waals surface area contributed by atoms with Gasteiger partial charge in [-0.05, 0) is 105 Å². The Morgan fingerprint density at radius 2 is 1.80 bits per heavy atom. The van der Waals surface area contributed by atoms with Gasteiger partial charge in [-0.1, -0.05) is 27.7 Å². The lowest BCUT2D eigenvalue weighted by Gasteiger charge is -2.62. The summed E-state index contributed by atoms with van der Waals surface area (Å²) in [5.41, 5.74) is 0.523. The molecule has 0 radical (unpaired) electrons. The zero-order chi connectivity index (χ0) is 21.7. The summed E-state index contributed by atoms with van der Waals surface area (Å²) in [5.74, 6) is 3.77. The number of aliphatic hydroxyl groups is 1. The van der Waals surface area contributed by atoms with Crippen molar-refractivity contribution < 1.29 is 9.90 Å². The predicted molar refractivity (Wildman–Crippen MR) is 119 cm³/mol. The molecule has 0 saturated heterocycles. The number of carbonyl (C=O) groups is 1. The molecule has 3 heteroatoms. The summed E-state index contributed by atoms with van der Waals surface area (Å²) in [6, 6.07) is 2.30. The molecular formula is C27H43NO2. The normalized spacial score (nSPS) is 48.9. The third-order valence-electron chi connectivity index (χ3n) is 10.8. The van der Waals surface area contributed by atoms with Crippen LogP contribution in [0.15, 0.2) is 0 Å². The Morgan fingerprint density at radius 3 is 2.50 bits per heavy atom. The SMILES string of the molecule is CC[C@@H]1C(=O)[C@@H]2[C@H](CC[C@]3(C)[C@@H](C(C)CCCC#N)CC[C@@H]23)[C@@]2(C)CC[C@@H](O)C[C@@H]12. The van der Waals surface area contributed by atoms with Crippen molar-refractivity contribution >= 4 is 5.78 Å². The maximum atomic E-state index is 13.9. The zero-order valence-corrected chi connectivity index (χ0v) is 19.7. The molecule has 0 aromatic heterocycles. The van der Waals surface area contributed by atoms with Crippen LogP contribution < -0.4 is 0 Å². The Bertz CT molecular complexity index is 697. The van der Waals surface area contributed by atoms with Gasteiger partial charge in [0.25, 0.3) is 0 Å². The van der Waals surface area contributed by atoms with Crippen molar-refractivity contribution in [3.63, 3.8) is 0 Å². The molecule has 0 bridgehead atoms. The van der Waals surface area contributed by atoms with Crippen LogP contribution in [0.3, 0.4) is 0 Å².